The first-order valence-electron chi connectivity index (χ1n) is 10.9. The van der Waals surface area contributed by atoms with Crippen molar-refractivity contribution in [2.45, 2.75) is 39.0 Å². The molecule has 0 unspecified atom stereocenters. The van der Waals surface area contributed by atoms with E-state index < -0.39 is 11.7 Å². The predicted octanol–water partition coefficient (Wildman–Crippen LogP) is 4.95. The van der Waals surface area contributed by atoms with Crippen molar-refractivity contribution in [2.75, 3.05) is 30.4 Å². The lowest BCUT2D eigenvalue weighted by atomic mass is 10.0. The number of pyridine rings is 1. The molecule has 1 aliphatic heterocycles. The first-order valence-corrected chi connectivity index (χ1v) is 10.9. The topological polar surface area (TPSA) is 84.6 Å². The monoisotopic (exact) mass is 486 g/mol. The van der Waals surface area contributed by atoms with E-state index in [0.717, 1.165) is 42.7 Å². The molecule has 0 spiro atoms. The Kier molecular flexibility index (Phi) is 9.40. The van der Waals surface area contributed by atoms with Crippen molar-refractivity contribution >= 4 is 29.7 Å². The number of nitrogens with zero attached hydrogens (tertiary/aromatic N) is 5. The minimum atomic E-state index is -4.32. The number of amides is 1. The molecule has 35 heavy (non-hydrogen) atoms. The number of hydrogen-bond acceptors (Lipinski definition) is 6. The Labute approximate surface area is 203 Å². The molecule has 0 radical (unpaired) electrons. The maximum absolute atomic E-state index is 12.2. The van der Waals surface area contributed by atoms with Crippen LogP contribution < -0.4 is 10.2 Å². The van der Waals surface area contributed by atoms with Gasteiger partial charge in [0.2, 0.25) is 6.41 Å². The summed E-state index contributed by atoms with van der Waals surface area (Å²) >= 11 is 0. The highest BCUT2D eigenvalue weighted by molar-refractivity contribution is 5.79. The lowest BCUT2D eigenvalue weighted by Gasteiger charge is -2.44. The molecule has 1 N–H and O–H groups in total. The zero-order valence-corrected chi connectivity index (χ0v) is 20.2. The summed E-state index contributed by atoms with van der Waals surface area (Å²) in [6.07, 6.45) is 2.06. The van der Waals surface area contributed by atoms with Crippen LogP contribution in [-0.2, 0) is 11.0 Å². The number of piperazine rings is 1. The summed E-state index contributed by atoms with van der Waals surface area (Å²) in [5, 5.41) is 11.7. The van der Waals surface area contributed by atoms with E-state index in [9.17, 15) is 23.2 Å². The average Bonchev–Trinajstić information content (AvgIpc) is 2.84. The van der Waals surface area contributed by atoms with Crippen molar-refractivity contribution in [3.05, 3.63) is 59.9 Å². The second kappa shape index (κ2) is 12.0. The van der Waals surface area contributed by atoms with Gasteiger partial charge in [0, 0.05) is 50.3 Å². The number of nitriles is 1. The second-order valence-corrected chi connectivity index (χ2v) is 8.05. The van der Waals surface area contributed by atoms with Crippen LogP contribution in [0.15, 0.2) is 48.2 Å². The van der Waals surface area contributed by atoms with E-state index in [-0.39, 0.29) is 17.8 Å². The second-order valence-electron chi connectivity index (χ2n) is 8.05. The Morgan fingerprint density at radius 1 is 1.26 bits per heavy atom. The Morgan fingerprint density at radius 2 is 1.97 bits per heavy atom. The molecule has 0 saturated carbocycles. The molecule has 1 saturated heterocycles. The fourth-order valence-electron chi connectivity index (χ4n) is 3.86. The zero-order chi connectivity index (χ0) is 26.2. The number of alkyl halides is 3. The number of allylic oxidation sites excluding steroid dienone is 1. The van der Waals surface area contributed by atoms with Gasteiger partial charge in [0.25, 0.3) is 0 Å². The fourth-order valence-corrected chi connectivity index (χ4v) is 3.86. The van der Waals surface area contributed by atoms with Crippen molar-refractivity contribution in [1.29, 1.82) is 5.26 Å². The molecule has 1 fully saturated rings. The SMILES string of the molecule is C=CC=Nc1c(C#N)ccc(N2C[C@@H](C)N(C=O)C[C@@H]2C)c1C.CNc1cnccc1C(F)(F)F. The van der Waals surface area contributed by atoms with Crippen LogP contribution in [0.2, 0.25) is 0 Å². The van der Waals surface area contributed by atoms with Crippen molar-refractivity contribution in [3.8, 4) is 6.07 Å². The first-order chi connectivity index (χ1) is 16.6. The summed E-state index contributed by atoms with van der Waals surface area (Å²) in [5.41, 5.74) is 2.56. The van der Waals surface area contributed by atoms with Crippen LogP contribution in [-0.4, -0.2) is 54.7 Å². The van der Waals surface area contributed by atoms with Crippen LogP contribution in [0.1, 0.15) is 30.5 Å². The van der Waals surface area contributed by atoms with Gasteiger partial charge in [-0.1, -0.05) is 12.7 Å². The zero-order valence-electron chi connectivity index (χ0n) is 20.2. The number of nitrogens with one attached hydrogen (secondary N) is 1. The van der Waals surface area contributed by atoms with Crippen molar-refractivity contribution in [3.63, 3.8) is 0 Å². The predicted molar refractivity (Wildman–Crippen MR) is 132 cm³/mol. The highest BCUT2D eigenvalue weighted by Crippen LogP contribution is 2.35. The van der Waals surface area contributed by atoms with E-state index in [1.807, 2.05) is 30.9 Å². The van der Waals surface area contributed by atoms with Crippen molar-refractivity contribution in [1.82, 2.24) is 9.88 Å². The maximum atomic E-state index is 12.2. The third kappa shape index (κ3) is 6.59. The van der Waals surface area contributed by atoms with Crippen LogP contribution >= 0.6 is 0 Å². The third-order valence-corrected chi connectivity index (χ3v) is 5.71. The molecule has 1 amide bonds. The van der Waals surface area contributed by atoms with Gasteiger partial charge in [-0.05, 0) is 44.5 Å². The molecule has 3 rings (SSSR count). The molecule has 1 aromatic heterocycles. The molecule has 1 aromatic carbocycles. The number of rotatable bonds is 5. The van der Waals surface area contributed by atoms with E-state index in [4.69, 9.17) is 0 Å². The van der Waals surface area contributed by atoms with Gasteiger partial charge in [0.1, 0.15) is 6.07 Å². The number of benzene rings is 1. The van der Waals surface area contributed by atoms with Gasteiger partial charge in [0.15, 0.2) is 0 Å². The molecule has 0 aliphatic carbocycles. The molecule has 2 atom stereocenters. The van der Waals surface area contributed by atoms with Crippen LogP contribution in [0.5, 0.6) is 0 Å². The van der Waals surface area contributed by atoms with E-state index in [1.54, 1.807) is 12.3 Å². The summed E-state index contributed by atoms with van der Waals surface area (Å²) in [7, 11) is 1.42. The van der Waals surface area contributed by atoms with Crippen LogP contribution in [0.3, 0.4) is 0 Å². The summed E-state index contributed by atoms with van der Waals surface area (Å²) in [4.78, 5) is 23.2. The lowest BCUT2D eigenvalue weighted by Crippen LogP contribution is -2.56. The lowest BCUT2D eigenvalue weighted by molar-refractivity contribution is -0.137. The number of halogens is 3. The Bertz CT molecular complexity index is 1110. The van der Waals surface area contributed by atoms with Crippen LogP contribution in [0.25, 0.3) is 0 Å². The molecule has 10 heteroatoms. The van der Waals surface area contributed by atoms with E-state index >= 15 is 0 Å². The number of aromatic nitrogens is 1. The van der Waals surface area contributed by atoms with Crippen molar-refractivity contribution < 1.29 is 18.0 Å². The minimum absolute atomic E-state index is 0.00926. The maximum Gasteiger partial charge on any atom is 0.418 e. The Hall–Kier alpha value is -3.87. The average molecular weight is 487 g/mol. The van der Waals surface area contributed by atoms with E-state index in [1.165, 1.54) is 7.05 Å². The van der Waals surface area contributed by atoms with Crippen molar-refractivity contribution in [2.24, 2.45) is 4.99 Å². The van der Waals surface area contributed by atoms with Gasteiger partial charge < -0.3 is 15.1 Å². The number of aliphatic imine (C=N–C) groups is 1. The quantitative estimate of drug-likeness (QED) is 0.477. The molecule has 2 aromatic rings. The Morgan fingerprint density at radius 3 is 2.51 bits per heavy atom. The number of carbonyl (C=O) groups excluding carboxylic acids is 1. The van der Waals surface area contributed by atoms with Gasteiger partial charge in [-0.3, -0.25) is 14.8 Å². The molecule has 2 heterocycles. The number of hydrogen-bond donors (Lipinski definition) is 1. The summed E-state index contributed by atoms with van der Waals surface area (Å²) < 4.78 is 36.5. The van der Waals surface area contributed by atoms with Gasteiger partial charge in [-0.15, -0.1) is 0 Å². The van der Waals surface area contributed by atoms with E-state index in [2.05, 4.69) is 39.8 Å². The third-order valence-electron chi connectivity index (χ3n) is 5.71. The standard InChI is InChI=1S/C18H22N4O.C7H7F3N2/c1-5-8-20-18-15(4)17(7-6-16(18)9-19)22-11-13(2)21(12-23)10-14(22)3;1-11-6-4-12-3-2-5(6)7(8,9)10/h5-8,12-14H,1,10-11H2,2-4H3;2-4,11H,1H3/t13-,14+;/m1./s1. The number of carbonyl (C=O) groups is 1. The van der Waals surface area contributed by atoms with Gasteiger partial charge >= 0.3 is 6.18 Å². The normalized spacial score (nSPS) is 17.9. The summed E-state index contributed by atoms with van der Waals surface area (Å²) in [6, 6.07) is 7.27. The molecule has 1 aliphatic rings. The van der Waals surface area contributed by atoms with Gasteiger partial charge in [-0.25, -0.2) is 0 Å². The molecule has 7 nitrogen and oxygen atoms in total. The molecular formula is C25H29F3N6O. The van der Waals surface area contributed by atoms with Crippen LogP contribution in [0, 0.1) is 18.3 Å². The fraction of sp³-hybridized carbons (Fsp3) is 0.360. The highest BCUT2D eigenvalue weighted by Gasteiger charge is 2.33. The molecule has 0 bridgehead atoms. The minimum Gasteiger partial charge on any atom is -0.386 e. The highest BCUT2D eigenvalue weighted by atomic mass is 19.4. The van der Waals surface area contributed by atoms with E-state index in [0.29, 0.717) is 17.8 Å². The van der Waals surface area contributed by atoms with Crippen LogP contribution in [0.4, 0.5) is 30.2 Å². The first kappa shape index (κ1) is 27.4. The summed E-state index contributed by atoms with van der Waals surface area (Å²) in [5.74, 6) is 0. The smallest absolute Gasteiger partial charge is 0.386 e. The summed E-state index contributed by atoms with van der Waals surface area (Å²) in [6.45, 7) is 11.2. The largest absolute Gasteiger partial charge is 0.418 e. The Balaban J connectivity index is 0.000000303. The van der Waals surface area contributed by atoms with Gasteiger partial charge in [-0.2, -0.15) is 18.4 Å². The number of anilines is 2. The molecular weight excluding hydrogens is 457 g/mol. The van der Waals surface area contributed by atoms with Gasteiger partial charge in [0.05, 0.1) is 28.7 Å². The molecule has 186 valence electrons.